The van der Waals surface area contributed by atoms with Gasteiger partial charge in [0, 0.05) is 5.56 Å². The summed E-state index contributed by atoms with van der Waals surface area (Å²) in [7, 11) is 1.93. The number of benzene rings is 1. The monoisotopic (exact) mass is 237 g/mol. The second-order valence-corrected chi connectivity index (χ2v) is 3.11. The maximum Gasteiger partial charge on any atom is 0.159 e. The predicted octanol–water partition coefficient (Wildman–Crippen LogP) is 3.70. The molecule has 0 fully saturated rings. The van der Waals surface area contributed by atoms with Gasteiger partial charge in [-0.1, -0.05) is 52.0 Å². The molecule has 0 saturated carbocycles. The molecule has 0 heterocycles. The molecule has 1 N–H and O–H groups in total. The van der Waals surface area contributed by atoms with E-state index in [1.807, 2.05) is 59.0 Å². The van der Waals surface area contributed by atoms with Crippen LogP contribution in [-0.2, 0) is 6.42 Å². The van der Waals surface area contributed by atoms with Gasteiger partial charge in [0.05, 0.1) is 0 Å². The largest absolute Gasteiger partial charge is 0.319 e. The molecule has 1 aromatic rings. The van der Waals surface area contributed by atoms with E-state index in [0.717, 1.165) is 18.5 Å². The first kappa shape index (κ1) is 18.2. The Morgan fingerprint density at radius 2 is 1.53 bits per heavy atom. The van der Waals surface area contributed by atoms with E-state index in [0.29, 0.717) is 0 Å². The van der Waals surface area contributed by atoms with Crippen molar-refractivity contribution in [3.63, 3.8) is 0 Å². The normalized spacial score (nSPS) is 8.35. The molecule has 2 nitrogen and oxygen atoms in total. The maximum atomic E-state index is 11.0. The standard InChI is InChI=1S/C11H15NO.2C2H6/c1-9(13)11-5-3-10(4-6-11)7-8-12-2;2*1-2/h3-6,12H,7-8H2,1-2H3;2*1-2H3. The van der Waals surface area contributed by atoms with Crippen molar-refractivity contribution in [2.45, 2.75) is 41.0 Å². The first-order valence-electron chi connectivity index (χ1n) is 6.48. The summed E-state index contributed by atoms with van der Waals surface area (Å²) in [5, 5.41) is 3.09. The second-order valence-electron chi connectivity index (χ2n) is 3.11. The molecule has 0 saturated heterocycles. The molecule has 0 aromatic heterocycles. The third kappa shape index (κ3) is 8.64. The second kappa shape index (κ2) is 12.9. The highest BCUT2D eigenvalue weighted by Crippen LogP contribution is 2.05. The number of likely N-dealkylation sites (N-methyl/N-ethyl adjacent to an activating group) is 1. The number of Topliss-reactive ketones (excluding diaryl/α,β-unsaturated/α-hetero) is 1. The Balaban J connectivity index is 0. The number of ketones is 1. The summed E-state index contributed by atoms with van der Waals surface area (Å²) in [5.41, 5.74) is 2.05. The zero-order valence-corrected chi connectivity index (χ0v) is 12.1. The summed E-state index contributed by atoms with van der Waals surface area (Å²) < 4.78 is 0. The van der Waals surface area contributed by atoms with Gasteiger partial charge >= 0.3 is 0 Å². The molecule has 0 radical (unpaired) electrons. The van der Waals surface area contributed by atoms with E-state index >= 15 is 0 Å². The lowest BCUT2D eigenvalue weighted by Gasteiger charge is -2.01. The molecular weight excluding hydrogens is 210 g/mol. The van der Waals surface area contributed by atoms with E-state index in [1.54, 1.807) is 6.92 Å². The van der Waals surface area contributed by atoms with Gasteiger partial charge in [-0.15, -0.1) is 0 Å². The van der Waals surface area contributed by atoms with Crippen LogP contribution in [0.4, 0.5) is 0 Å². The highest BCUT2D eigenvalue weighted by Gasteiger charge is 1.97. The van der Waals surface area contributed by atoms with Crippen LogP contribution in [-0.4, -0.2) is 19.4 Å². The smallest absolute Gasteiger partial charge is 0.159 e. The van der Waals surface area contributed by atoms with Gasteiger partial charge in [0.2, 0.25) is 0 Å². The van der Waals surface area contributed by atoms with Crippen molar-refractivity contribution in [1.82, 2.24) is 5.32 Å². The van der Waals surface area contributed by atoms with Gasteiger partial charge in [0.15, 0.2) is 5.78 Å². The lowest BCUT2D eigenvalue weighted by Crippen LogP contribution is -2.10. The van der Waals surface area contributed by atoms with Crippen LogP contribution in [0.15, 0.2) is 24.3 Å². The summed E-state index contributed by atoms with van der Waals surface area (Å²) in [5.74, 6) is 0.125. The first-order valence-corrected chi connectivity index (χ1v) is 6.48. The third-order valence-corrected chi connectivity index (χ3v) is 2.02. The summed E-state index contributed by atoms with van der Waals surface area (Å²) in [6.45, 7) is 10.6. The fraction of sp³-hybridized carbons (Fsp3) is 0.533. The van der Waals surface area contributed by atoms with Crippen molar-refractivity contribution in [2.24, 2.45) is 0 Å². The first-order chi connectivity index (χ1) is 8.24. The van der Waals surface area contributed by atoms with Gasteiger partial charge in [-0.3, -0.25) is 4.79 Å². The van der Waals surface area contributed by atoms with Crippen molar-refractivity contribution in [1.29, 1.82) is 0 Å². The molecule has 0 atom stereocenters. The fourth-order valence-electron chi connectivity index (χ4n) is 1.18. The Bertz CT molecular complexity index is 277. The number of nitrogens with one attached hydrogen (secondary N) is 1. The van der Waals surface area contributed by atoms with Crippen LogP contribution in [0.1, 0.15) is 50.5 Å². The Morgan fingerprint density at radius 1 is 1.06 bits per heavy atom. The summed E-state index contributed by atoms with van der Waals surface area (Å²) in [4.78, 5) is 11.0. The van der Waals surface area contributed by atoms with E-state index in [4.69, 9.17) is 0 Å². The molecule has 0 bridgehead atoms. The van der Waals surface area contributed by atoms with E-state index < -0.39 is 0 Å². The van der Waals surface area contributed by atoms with Crippen molar-refractivity contribution in [3.8, 4) is 0 Å². The molecule has 1 aromatic carbocycles. The average Bonchev–Trinajstić information content (AvgIpc) is 2.41. The summed E-state index contributed by atoms with van der Waals surface area (Å²) in [6.07, 6.45) is 1.01. The summed E-state index contributed by atoms with van der Waals surface area (Å²) >= 11 is 0. The Kier molecular flexibility index (Phi) is 13.8. The van der Waals surface area contributed by atoms with E-state index in [9.17, 15) is 4.79 Å². The zero-order chi connectivity index (χ0) is 13.7. The number of rotatable bonds is 4. The molecule has 1 rings (SSSR count). The van der Waals surface area contributed by atoms with Crippen molar-refractivity contribution < 1.29 is 4.79 Å². The molecule has 0 spiro atoms. The van der Waals surface area contributed by atoms with Crippen molar-refractivity contribution in [2.75, 3.05) is 13.6 Å². The minimum Gasteiger partial charge on any atom is -0.319 e. The quantitative estimate of drug-likeness (QED) is 0.809. The predicted molar refractivity (Wildman–Crippen MR) is 76.8 cm³/mol. The molecule has 0 amide bonds. The molecule has 98 valence electrons. The SMILES string of the molecule is CC.CC.CNCCc1ccc(C(C)=O)cc1. The van der Waals surface area contributed by atoms with Crippen LogP contribution in [0, 0.1) is 0 Å². The van der Waals surface area contributed by atoms with Crippen LogP contribution in [0.5, 0.6) is 0 Å². The maximum absolute atomic E-state index is 11.0. The van der Waals surface area contributed by atoms with Gasteiger partial charge in [-0.25, -0.2) is 0 Å². The van der Waals surface area contributed by atoms with Gasteiger partial charge in [-0.2, -0.15) is 0 Å². The Morgan fingerprint density at radius 3 is 1.88 bits per heavy atom. The van der Waals surface area contributed by atoms with Crippen LogP contribution >= 0.6 is 0 Å². The third-order valence-electron chi connectivity index (χ3n) is 2.02. The lowest BCUT2D eigenvalue weighted by molar-refractivity contribution is 0.101. The molecule has 0 aliphatic carbocycles. The molecule has 17 heavy (non-hydrogen) atoms. The molecule has 2 heteroatoms. The van der Waals surface area contributed by atoms with E-state index in [2.05, 4.69) is 5.32 Å². The van der Waals surface area contributed by atoms with Crippen LogP contribution in [0.25, 0.3) is 0 Å². The zero-order valence-electron chi connectivity index (χ0n) is 12.1. The number of carbonyl (C=O) groups is 1. The Labute approximate surface area is 106 Å². The molecule has 0 aliphatic heterocycles. The topological polar surface area (TPSA) is 29.1 Å². The number of carbonyl (C=O) groups excluding carboxylic acids is 1. The van der Waals surface area contributed by atoms with Crippen molar-refractivity contribution in [3.05, 3.63) is 35.4 Å². The minimum absolute atomic E-state index is 0.125. The van der Waals surface area contributed by atoms with Crippen LogP contribution in [0.2, 0.25) is 0 Å². The van der Waals surface area contributed by atoms with Gasteiger partial charge in [0.25, 0.3) is 0 Å². The van der Waals surface area contributed by atoms with Crippen LogP contribution < -0.4 is 5.32 Å². The van der Waals surface area contributed by atoms with Gasteiger partial charge in [-0.05, 0) is 32.5 Å². The Hall–Kier alpha value is -1.15. The molecule has 0 aliphatic rings. The summed E-state index contributed by atoms with van der Waals surface area (Å²) in [6, 6.07) is 7.78. The fourth-order valence-corrected chi connectivity index (χ4v) is 1.18. The molecule has 0 unspecified atom stereocenters. The van der Waals surface area contributed by atoms with Crippen LogP contribution in [0.3, 0.4) is 0 Å². The lowest BCUT2D eigenvalue weighted by atomic mass is 10.1. The van der Waals surface area contributed by atoms with Gasteiger partial charge < -0.3 is 5.32 Å². The highest BCUT2D eigenvalue weighted by molar-refractivity contribution is 5.93. The molecular formula is C15H27NO. The number of hydrogen-bond acceptors (Lipinski definition) is 2. The average molecular weight is 237 g/mol. The van der Waals surface area contributed by atoms with Crippen molar-refractivity contribution >= 4 is 5.78 Å². The highest BCUT2D eigenvalue weighted by atomic mass is 16.1. The number of hydrogen-bond donors (Lipinski definition) is 1. The van der Waals surface area contributed by atoms with E-state index in [-0.39, 0.29) is 5.78 Å². The minimum atomic E-state index is 0.125. The van der Waals surface area contributed by atoms with E-state index in [1.165, 1.54) is 5.56 Å². The van der Waals surface area contributed by atoms with Gasteiger partial charge in [0.1, 0.15) is 0 Å².